The molecular weight excluding hydrogens is 320 g/mol. The van der Waals surface area contributed by atoms with Crippen LogP contribution in [0.15, 0.2) is 5.38 Å². The minimum Gasteiger partial charge on any atom is -0.356 e. The highest BCUT2D eigenvalue weighted by molar-refractivity contribution is 7.09. The number of carbonyl (C=O) groups is 1. The molecule has 130 valence electrons. The lowest BCUT2D eigenvalue weighted by molar-refractivity contribution is 0.101. The van der Waals surface area contributed by atoms with Gasteiger partial charge in [0.25, 0.3) is 0 Å². The van der Waals surface area contributed by atoms with Crippen molar-refractivity contribution in [2.45, 2.75) is 52.6 Å². The number of H-pyrrole nitrogens is 1. The molecule has 2 aromatic heterocycles. The van der Waals surface area contributed by atoms with Crippen molar-refractivity contribution in [3.05, 3.63) is 27.2 Å². The van der Waals surface area contributed by atoms with Gasteiger partial charge in [-0.3, -0.25) is 9.69 Å². The van der Waals surface area contributed by atoms with E-state index in [1.807, 2.05) is 6.92 Å². The lowest BCUT2D eigenvalue weighted by Crippen LogP contribution is -2.39. The van der Waals surface area contributed by atoms with Crippen LogP contribution >= 0.6 is 11.3 Å². The average molecular weight is 347 g/mol. The second-order valence-electron chi connectivity index (χ2n) is 6.63. The molecular formula is C18H26N4OS. The SMILES string of the molecule is CCc1c(-c2csc(CN3CCC(N)CC3)n2)[nH]c(C)c1C(C)=O. The fraction of sp³-hybridized carbons (Fsp3) is 0.556. The molecule has 2 aromatic rings. The van der Waals surface area contributed by atoms with Crippen LogP contribution in [0.3, 0.4) is 0 Å². The van der Waals surface area contributed by atoms with E-state index in [1.165, 1.54) is 0 Å². The zero-order valence-corrected chi connectivity index (χ0v) is 15.5. The Morgan fingerprint density at radius 2 is 2.17 bits per heavy atom. The average Bonchev–Trinajstić information content (AvgIpc) is 3.13. The molecule has 1 saturated heterocycles. The van der Waals surface area contributed by atoms with Crippen molar-refractivity contribution in [2.75, 3.05) is 13.1 Å². The number of nitrogens with zero attached hydrogens (tertiary/aromatic N) is 2. The summed E-state index contributed by atoms with van der Waals surface area (Å²) in [6.07, 6.45) is 2.96. The van der Waals surface area contributed by atoms with Gasteiger partial charge in [-0.2, -0.15) is 0 Å². The smallest absolute Gasteiger partial charge is 0.161 e. The number of ketones is 1. The molecule has 5 nitrogen and oxygen atoms in total. The van der Waals surface area contributed by atoms with Crippen LogP contribution in [0.1, 0.15) is 53.3 Å². The van der Waals surface area contributed by atoms with Gasteiger partial charge in [-0.05, 0) is 38.7 Å². The van der Waals surface area contributed by atoms with E-state index in [1.54, 1.807) is 18.3 Å². The van der Waals surface area contributed by atoms with Gasteiger partial charge >= 0.3 is 0 Å². The van der Waals surface area contributed by atoms with Crippen molar-refractivity contribution >= 4 is 17.1 Å². The number of aryl methyl sites for hydroxylation is 1. The second kappa shape index (κ2) is 7.17. The number of Topliss-reactive ketones (excluding diaryl/α,β-unsaturated/α-hetero) is 1. The van der Waals surface area contributed by atoms with Gasteiger partial charge in [-0.25, -0.2) is 4.98 Å². The molecule has 0 radical (unpaired) electrons. The number of likely N-dealkylation sites (tertiary alicyclic amines) is 1. The van der Waals surface area contributed by atoms with Crippen molar-refractivity contribution in [1.29, 1.82) is 0 Å². The molecule has 0 spiro atoms. The van der Waals surface area contributed by atoms with Crippen LogP contribution in [0, 0.1) is 6.92 Å². The largest absolute Gasteiger partial charge is 0.356 e. The van der Waals surface area contributed by atoms with Crippen molar-refractivity contribution in [3.8, 4) is 11.4 Å². The fourth-order valence-electron chi connectivity index (χ4n) is 3.53. The molecule has 0 amide bonds. The molecule has 0 unspecified atom stereocenters. The Morgan fingerprint density at radius 1 is 1.46 bits per heavy atom. The van der Waals surface area contributed by atoms with Crippen LogP contribution in [0.25, 0.3) is 11.4 Å². The van der Waals surface area contributed by atoms with Crippen molar-refractivity contribution < 1.29 is 4.79 Å². The number of carbonyl (C=O) groups excluding carboxylic acids is 1. The van der Waals surface area contributed by atoms with Gasteiger partial charge < -0.3 is 10.7 Å². The molecule has 3 rings (SSSR count). The predicted molar refractivity (Wildman–Crippen MR) is 98.5 cm³/mol. The number of hydrogen-bond donors (Lipinski definition) is 2. The number of piperidine rings is 1. The fourth-order valence-corrected chi connectivity index (χ4v) is 4.35. The number of rotatable bonds is 5. The Balaban J connectivity index is 1.81. The quantitative estimate of drug-likeness (QED) is 0.816. The summed E-state index contributed by atoms with van der Waals surface area (Å²) in [7, 11) is 0. The molecule has 24 heavy (non-hydrogen) atoms. The highest BCUT2D eigenvalue weighted by Gasteiger charge is 2.21. The third-order valence-corrected chi connectivity index (χ3v) is 5.63. The summed E-state index contributed by atoms with van der Waals surface area (Å²) >= 11 is 1.69. The first kappa shape index (κ1) is 17.3. The zero-order valence-electron chi connectivity index (χ0n) is 14.7. The maximum absolute atomic E-state index is 11.9. The molecule has 6 heteroatoms. The Hall–Kier alpha value is -1.50. The lowest BCUT2D eigenvalue weighted by atomic mass is 10.0. The normalized spacial score (nSPS) is 16.7. The van der Waals surface area contributed by atoms with E-state index in [9.17, 15) is 4.79 Å². The van der Waals surface area contributed by atoms with Gasteiger partial charge in [0.15, 0.2) is 5.78 Å². The molecule has 0 aromatic carbocycles. The molecule has 3 heterocycles. The summed E-state index contributed by atoms with van der Waals surface area (Å²) in [5.74, 6) is 0.118. The Bertz CT molecular complexity index is 725. The zero-order chi connectivity index (χ0) is 17.3. The molecule has 3 N–H and O–H groups in total. The van der Waals surface area contributed by atoms with Gasteiger partial charge in [0, 0.05) is 35.8 Å². The van der Waals surface area contributed by atoms with Gasteiger partial charge in [-0.15, -0.1) is 11.3 Å². The van der Waals surface area contributed by atoms with E-state index in [0.717, 1.165) is 72.1 Å². The van der Waals surface area contributed by atoms with Gasteiger partial charge in [0.05, 0.1) is 17.9 Å². The number of nitrogens with one attached hydrogen (secondary N) is 1. The van der Waals surface area contributed by atoms with Crippen molar-refractivity contribution in [2.24, 2.45) is 5.73 Å². The molecule has 0 bridgehead atoms. The van der Waals surface area contributed by atoms with Crippen molar-refractivity contribution in [3.63, 3.8) is 0 Å². The summed E-state index contributed by atoms with van der Waals surface area (Å²) in [5.41, 5.74) is 10.8. The maximum Gasteiger partial charge on any atom is 0.161 e. The molecule has 1 aliphatic heterocycles. The number of thiazole rings is 1. The van der Waals surface area contributed by atoms with E-state index in [-0.39, 0.29) is 5.78 Å². The standard InChI is InChI=1S/C18H26N4OS/c1-4-14-17(12(3)23)11(2)20-18(14)15-10-24-16(21-15)9-22-7-5-13(19)6-8-22/h10,13,20H,4-9,19H2,1-3H3. The topological polar surface area (TPSA) is 75.0 Å². The molecule has 1 fully saturated rings. The third-order valence-electron chi connectivity index (χ3n) is 4.80. The molecule has 0 atom stereocenters. The second-order valence-corrected chi connectivity index (χ2v) is 7.57. The van der Waals surface area contributed by atoms with Crippen molar-refractivity contribution in [1.82, 2.24) is 14.9 Å². The van der Waals surface area contributed by atoms with Crippen LogP contribution < -0.4 is 5.73 Å². The van der Waals surface area contributed by atoms with Gasteiger partial charge in [-0.1, -0.05) is 6.92 Å². The molecule has 0 saturated carbocycles. The number of hydrogen-bond acceptors (Lipinski definition) is 5. The van der Waals surface area contributed by atoms with E-state index >= 15 is 0 Å². The monoisotopic (exact) mass is 346 g/mol. The number of aromatic amines is 1. The maximum atomic E-state index is 11.9. The first-order valence-electron chi connectivity index (χ1n) is 8.64. The first-order chi connectivity index (χ1) is 11.5. The Morgan fingerprint density at radius 3 is 2.79 bits per heavy atom. The summed E-state index contributed by atoms with van der Waals surface area (Å²) in [5, 5.41) is 3.22. The number of nitrogens with two attached hydrogens (primary N) is 1. The summed E-state index contributed by atoms with van der Waals surface area (Å²) in [6.45, 7) is 8.66. The Kier molecular flexibility index (Phi) is 5.18. The summed E-state index contributed by atoms with van der Waals surface area (Å²) < 4.78 is 0. The van der Waals surface area contributed by atoms with Crippen LogP contribution in [-0.2, 0) is 13.0 Å². The highest BCUT2D eigenvalue weighted by atomic mass is 32.1. The minimum absolute atomic E-state index is 0.118. The summed E-state index contributed by atoms with van der Waals surface area (Å²) in [4.78, 5) is 22.6. The van der Waals surface area contributed by atoms with Crippen LogP contribution in [0.4, 0.5) is 0 Å². The first-order valence-corrected chi connectivity index (χ1v) is 9.52. The molecule has 1 aliphatic rings. The van der Waals surface area contributed by atoms with Crippen LogP contribution in [0.5, 0.6) is 0 Å². The third kappa shape index (κ3) is 3.45. The van der Waals surface area contributed by atoms with E-state index in [0.29, 0.717) is 6.04 Å². The van der Waals surface area contributed by atoms with Crippen LogP contribution in [-0.4, -0.2) is 39.8 Å². The highest BCUT2D eigenvalue weighted by Crippen LogP contribution is 2.30. The molecule has 0 aliphatic carbocycles. The van der Waals surface area contributed by atoms with Gasteiger partial charge in [0.1, 0.15) is 5.01 Å². The van der Waals surface area contributed by atoms with Gasteiger partial charge in [0.2, 0.25) is 0 Å². The Labute approximate surface area is 147 Å². The van der Waals surface area contributed by atoms with E-state index < -0.39 is 0 Å². The lowest BCUT2D eigenvalue weighted by Gasteiger charge is -2.29. The van der Waals surface area contributed by atoms with E-state index in [4.69, 9.17) is 10.7 Å². The minimum atomic E-state index is 0.118. The summed E-state index contributed by atoms with van der Waals surface area (Å²) in [6, 6.07) is 0.354. The van der Waals surface area contributed by atoms with E-state index in [2.05, 4.69) is 22.2 Å². The predicted octanol–water partition coefficient (Wildman–Crippen LogP) is 3.13. The van der Waals surface area contributed by atoms with Crippen LogP contribution in [0.2, 0.25) is 0 Å². The number of aromatic nitrogens is 2.